The predicted molar refractivity (Wildman–Crippen MR) is 185 cm³/mol. The Morgan fingerprint density at radius 1 is 0.369 bits per heavy atom. The van der Waals surface area contributed by atoms with E-state index in [0.29, 0.717) is 55.2 Å². The number of alkyl halides is 23. The van der Waals surface area contributed by atoms with Crippen molar-refractivity contribution in [1.82, 2.24) is 0 Å². The summed E-state index contributed by atoms with van der Waals surface area (Å²) < 4.78 is 332. The summed E-state index contributed by atoms with van der Waals surface area (Å²) in [5, 5.41) is 0. The van der Waals surface area contributed by atoms with Crippen molar-refractivity contribution in [2.45, 2.75) is 139 Å². The summed E-state index contributed by atoms with van der Waals surface area (Å²) in [4.78, 5) is 12.1. The van der Waals surface area contributed by atoms with Crippen LogP contribution in [0, 0.1) is 0 Å². The van der Waals surface area contributed by atoms with Gasteiger partial charge >= 0.3 is 71.4 Å². The van der Waals surface area contributed by atoms with Crippen LogP contribution in [0.25, 0.3) is 0 Å². The zero-order valence-electron chi connectivity index (χ0n) is 33.1. The van der Waals surface area contributed by atoms with Gasteiger partial charge in [0.15, 0.2) is 0 Å². The molecule has 0 unspecified atom stereocenters. The molecular formula is C39H33F23O2S. The Hall–Kier alpha value is -4.13. The van der Waals surface area contributed by atoms with Crippen molar-refractivity contribution in [3.05, 3.63) is 89.5 Å². The molecule has 0 saturated heterocycles. The van der Waals surface area contributed by atoms with E-state index in [1.165, 1.54) is 36.4 Å². The molecule has 0 amide bonds. The molecule has 0 fully saturated rings. The molecule has 26 heteroatoms. The van der Waals surface area contributed by atoms with E-state index >= 15 is 26.3 Å². The first kappa shape index (κ1) is 55.2. The minimum absolute atomic E-state index is 0.323. The van der Waals surface area contributed by atoms with Gasteiger partial charge in [0.25, 0.3) is 0 Å². The van der Waals surface area contributed by atoms with Gasteiger partial charge in [-0.2, -0.15) is 101 Å². The minimum atomic E-state index is -9.56. The molecule has 0 N–H and O–H groups in total. The molecule has 3 aromatic rings. The lowest BCUT2D eigenvalue weighted by Gasteiger charge is -2.45. The van der Waals surface area contributed by atoms with E-state index in [9.17, 15) is 79.4 Å². The van der Waals surface area contributed by atoms with Gasteiger partial charge in [-0.05, 0) is 82.7 Å². The molecule has 2 nitrogen and oxygen atoms in total. The summed E-state index contributed by atoms with van der Waals surface area (Å²) in [6.07, 6.45) is -5.75. The zero-order chi connectivity index (χ0) is 50.5. The first-order valence-electron chi connectivity index (χ1n) is 18.4. The molecule has 0 aliphatic rings. The maximum Gasteiger partial charge on any atom is 0.460 e. The fourth-order valence-corrected chi connectivity index (χ4v) is 9.01. The zero-order valence-corrected chi connectivity index (χ0v) is 33.9. The standard InChI is InChI=1S/C39H33F23O2S/c1-4-7-22-10-16-25(17-11-22)65(26-18-12-23(8-5-2)13-19-26,27-20-14-24(9-6-3)15-21-27)64-28(63)29(40,41)30(42,43)31(44,45)32(46,47)33(48,49)34(50,51)35(52,53)36(54,55)37(56,57)38(58,59)39(60,61)62/h10-21H,4-9H2,1-3H3. The number of aryl methyl sites for hydroxylation is 3. The summed E-state index contributed by atoms with van der Waals surface area (Å²) in [6.45, 7) is 5.12. The van der Waals surface area contributed by atoms with Crippen LogP contribution in [0.3, 0.4) is 0 Å². The Labute approximate surface area is 355 Å². The Bertz CT molecular complexity index is 1980. The highest BCUT2D eigenvalue weighted by atomic mass is 32.3. The van der Waals surface area contributed by atoms with Crippen LogP contribution in [-0.4, -0.2) is 71.4 Å². The van der Waals surface area contributed by atoms with Gasteiger partial charge in [-0.15, -0.1) is 0 Å². The van der Waals surface area contributed by atoms with Crippen LogP contribution in [0.4, 0.5) is 101 Å². The maximum atomic E-state index is 15.7. The average molecular weight is 1000 g/mol. The topological polar surface area (TPSA) is 26.3 Å². The van der Waals surface area contributed by atoms with E-state index in [2.05, 4.69) is 0 Å². The second-order valence-corrected chi connectivity index (χ2v) is 17.0. The maximum absolute atomic E-state index is 15.7. The van der Waals surface area contributed by atoms with E-state index in [-0.39, 0.29) is 0 Å². The van der Waals surface area contributed by atoms with Crippen LogP contribution in [0.5, 0.6) is 0 Å². The second-order valence-electron chi connectivity index (χ2n) is 14.4. The highest BCUT2D eigenvalue weighted by molar-refractivity contribution is 8.30. The predicted octanol–water partition coefficient (Wildman–Crippen LogP) is 15.2. The number of carbonyl (C=O) groups excluding carboxylic acids is 1. The van der Waals surface area contributed by atoms with Gasteiger partial charge in [-0.25, -0.2) is 4.79 Å². The van der Waals surface area contributed by atoms with Crippen LogP contribution in [0.1, 0.15) is 56.7 Å². The quantitative estimate of drug-likeness (QED) is 0.105. The summed E-state index contributed by atoms with van der Waals surface area (Å²) in [7, 11) is -4.43. The molecule has 0 atom stereocenters. The monoisotopic (exact) mass is 1000 g/mol. The van der Waals surface area contributed by atoms with Crippen molar-refractivity contribution in [3.63, 3.8) is 0 Å². The summed E-state index contributed by atoms with van der Waals surface area (Å²) in [6, 6.07) is 14.1. The number of hydrogen-bond acceptors (Lipinski definition) is 2. The summed E-state index contributed by atoms with van der Waals surface area (Å²) in [5.74, 6) is -94.5. The average Bonchev–Trinajstić information content (AvgIpc) is 3.20. The minimum Gasteiger partial charge on any atom is -0.397 e. The normalized spacial score (nSPS) is 15.0. The fourth-order valence-electron chi connectivity index (χ4n) is 6.01. The molecule has 0 spiro atoms. The van der Waals surface area contributed by atoms with E-state index in [1.54, 1.807) is 20.8 Å². The van der Waals surface area contributed by atoms with Crippen molar-refractivity contribution >= 4 is 16.3 Å². The van der Waals surface area contributed by atoms with Gasteiger partial charge in [-0.3, -0.25) is 0 Å². The molecule has 0 aliphatic heterocycles. The first-order chi connectivity index (χ1) is 29.2. The molecule has 0 heterocycles. The second kappa shape index (κ2) is 17.8. The Kier molecular flexibility index (Phi) is 15.1. The molecule has 0 saturated carbocycles. The highest BCUT2D eigenvalue weighted by Crippen LogP contribution is 2.71. The Morgan fingerprint density at radius 2 is 0.585 bits per heavy atom. The molecule has 0 aromatic heterocycles. The Balaban J connectivity index is 2.32. The van der Waals surface area contributed by atoms with Gasteiger partial charge in [-0.1, -0.05) is 76.4 Å². The van der Waals surface area contributed by atoms with Crippen LogP contribution in [-0.2, 0) is 28.2 Å². The molecule has 3 rings (SSSR count). The van der Waals surface area contributed by atoms with Crippen molar-refractivity contribution < 1.29 is 110 Å². The third-order valence-electron chi connectivity index (χ3n) is 9.74. The Morgan fingerprint density at radius 3 is 0.800 bits per heavy atom. The van der Waals surface area contributed by atoms with Crippen molar-refractivity contribution in [3.8, 4) is 0 Å². The van der Waals surface area contributed by atoms with Gasteiger partial charge < -0.3 is 4.18 Å². The highest BCUT2D eigenvalue weighted by Gasteiger charge is 2.99. The molecule has 368 valence electrons. The number of halogens is 23. The van der Waals surface area contributed by atoms with Crippen LogP contribution in [0.15, 0.2) is 87.5 Å². The molecule has 65 heavy (non-hydrogen) atoms. The van der Waals surface area contributed by atoms with Gasteiger partial charge in [0.1, 0.15) is 0 Å². The lowest BCUT2D eigenvalue weighted by Crippen LogP contribution is -2.78. The smallest absolute Gasteiger partial charge is 0.397 e. The molecular weight excluding hydrogens is 969 g/mol. The molecule has 0 aliphatic carbocycles. The number of rotatable bonds is 20. The number of carbonyl (C=O) groups is 1. The van der Waals surface area contributed by atoms with E-state index in [4.69, 9.17) is 4.18 Å². The number of hydrogen-bond donors (Lipinski definition) is 0. The largest absolute Gasteiger partial charge is 0.460 e. The van der Waals surface area contributed by atoms with Crippen LogP contribution in [0.2, 0.25) is 0 Å². The summed E-state index contributed by atoms with van der Waals surface area (Å²) in [5.41, 5.74) is 1.47. The van der Waals surface area contributed by atoms with Gasteiger partial charge in [0.05, 0.1) is 0 Å². The fraction of sp³-hybridized carbons (Fsp3) is 0.513. The van der Waals surface area contributed by atoms with Gasteiger partial charge in [0, 0.05) is 14.7 Å². The SMILES string of the molecule is CCCc1ccc(S(OC(=O)C(F)(F)C(F)(F)C(F)(F)C(F)(F)C(F)(F)C(F)(F)C(F)(F)C(F)(F)C(F)(F)C(F)(F)C(F)(F)F)(c2ccc(CCC)cc2)c2ccc(CCC)cc2)cc1. The van der Waals surface area contributed by atoms with E-state index in [1.807, 2.05) is 0 Å². The van der Waals surface area contributed by atoms with Crippen molar-refractivity contribution in [1.29, 1.82) is 0 Å². The lowest BCUT2D eigenvalue weighted by atomic mass is 9.85. The van der Waals surface area contributed by atoms with Crippen molar-refractivity contribution in [2.75, 3.05) is 0 Å². The molecule has 0 bridgehead atoms. The third-order valence-corrected chi connectivity index (χ3v) is 13.0. The molecule has 3 aromatic carbocycles. The van der Waals surface area contributed by atoms with Crippen LogP contribution < -0.4 is 0 Å². The van der Waals surface area contributed by atoms with Gasteiger partial charge in [0.2, 0.25) is 0 Å². The van der Waals surface area contributed by atoms with Crippen molar-refractivity contribution in [2.24, 2.45) is 0 Å². The van der Waals surface area contributed by atoms with E-state index in [0.717, 1.165) is 36.4 Å². The third kappa shape index (κ3) is 8.47. The first-order valence-corrected chi connectivity index (χ1v) is 20.0. The van der Waals surface area contributed by atoms with E-state index < -0.39 is 96.4 Å². The molecule has 0 radical (unpaired) electrons. The lowest BCUT2D eigenvalue weighted by molar-refractivity contribution is -0.477. The summed E-state index contributed by atoms with van der Waals surface area (Å²) >= 11 is 0. The number of benzene rings is 3. The van der Waals surface area contributed by atoms with Crippen LogP contribution >= 0.6 is 10.3 Å².